The number of aromatic nitrogens is 5. The van der Waals surface area contributed by atoms with Crippen LogP contribution in [0.15, 0.2) is 24.7 Å². The number of likely N-dealkylation sites (tertiary alicyclic amines) is 1. The summed E-state index contributed by atoms with van der Waals surface area (Å²) in [5, 5.41) is 4.42. The molecule has 1 saturated heterocycles. The summed E-state index contributed by atoms with van der Waals surface area (Å²) in [4.78, 5) is 16.2. The highest BCUT2D eigenvalue weighted by Gasteiger charge is 2.39. The molecular formula is C29H38N6. The molecule has 5 heterocycles. The number of hydrogen-bond acceptors (Lipinski definition) is 4. The van der Waals surface area contributed by atoms with E-state index in [1.165, 1.54) is 72.4 Å². The van der Waals surface area contributed by atoms with Crippen molar-refractivity contribution in [2.24, 2.45) is 5.41 Å². The molecule has 1 aliphatic heterocycles. The zero-order valence-electron chi connectivity index (χ0n) is 22.0. The van der Waals surface area contributed by atoms with Gasteiger partial charge in [-0.05, 0) is 74.1 Å². The summed E-state index contributed by atoms with van der Waals surface area (Å²) in [6.45, 7) is 16.2. The molecule has 0 bridgehead atoms. The van der Waals surface area contributed by atoms with Crippen molar-refractivity contribution in [2.75, 3.05) is 13.1 Å². The van der Waals surface area contributed by atoms with E-state index in [0.29, 0.717) is 17.3 Å². The Morgan fingerprint density at radius 2 is 1.77 bits per heavy atom. The standard InChI is InChI=1S/C29H38N6/c1-17(2)25-26(22-13-35-28(30-16-31-35)19(4)18(22)3)33-24-12-11-23(32-27(24)25)20-7-9-21(10-8-20)34-14-29(5,6)15-34/h11-13,16-17,20-21,33H,7-10,14-15H2,1-6H3. The van der Waals surface area contributed by atoms with Gasteiger partial charge in [0.1, 0.15) is 6.33 Å². The molecule has 2 aliphatic rings. The Bertz CT molecular complexity index is 1390. The zero-order valence-corrected chi connectivity index (χ0v) is 22.0. The van der Waals surface area contributed by atoms with E-state index in [1.807, 2.05) is 4.52 Å². The zero-order chi connectivity index (χ0) is 24.5. The highest BCUT2D eigenvalue weighted by molar-refractivity contribution is 5.89. The number of H-pyrrole nitrogens is 1. The lowest BCUT2D eigenvalue weighted by Crippen LogP contribution is -2.57. The maximum absolute atomic E-state index is 5.32. The molecule has 184 valence electrons. The van der Waals surface area contributed by atoms with Gasteiger partial charge in [-0.2, -0.15) is 5.10 Å². The maximum atomic E-state index is 5.32. The average molecular weight is 471 g/mol. The molecule has 0 unspecified atom stereocenters. The Hall–Kier alpha value is -2.73. The van der Waals surface area contributed by atoms with Crippen LogP contribution >= 0.6 is 0 Å². The van der Waals surface area contributed by atoms with Crippen LogP contribution in [-0.4, -0.2) is 48.6 Å². The van der Waals surface area contributed by atoms with E-state index in [4.69, 9.17) is 4.98 Å². The summed E-state index contributed by atoms with van der Waals surface area (Å²) < 4.78 is 1.89. The Morgan fingerprint density at radius 1 is 1.03 bits per heavy atom. The summed E-state index contributed by atoms with van der Waals surface area (Å²) in [6.07, 6.45) is 8.83. The number of fused-ring (bicyclic) bond motifs is 2. The number of pyridine rings is 2. The van der Waals surface area contributed by atoms with Gasteiger partial charge in [-0.15, -0.1) is 0 Å². The van der Waals surface area contributed by atoms with Crippen molar-refractivity contribution in [3.8, 4) is 11.3 Å². The number of nitrogens with one attached hydrogen (secondary N) is 1. The summed E-state index contributed by atoms with van der Waals surface area (Å²) in [6, 6.07) is 5.29. The van der Waals surface area contributed by atoms with Gasteiger partial charge < -0.3 is 4.98 Å². The van der Waals surface area contributed by atoms with Gasteiger partial charge in [0.25, 0.3) is 0 Å². The number of aromatic amines is 1. The third-order valence-corrected chi connectivity index (χ3v) is 8.57. The van der Waals surface area contributed by atoms with Crippen LogP contribution in [0.25, 0.3) is 27.9 Å². The fourth-order valence-electron chi connectivity index (χ4n) is 6.60. The van der Waals surface area contributed by atoms with Crippen molar-refractivity contribution in [3.05, 3.63) is 47.0 Å². The van der Waals surface area contributed by atoms with Gasteiger partial charge in [0, 0.05) is 48.1 Å². The molecule has 0 spiro atoms. The predicted octanol–water partition coefficient (Wildman–Crippen LogP) is 6.38. The van der Waals surface area contributed by atoms with Crippen molar-refractivity contribution in [1.29, 1.82) is 0 Å². The summed E-state index contributed by atoms with van der Waals surface area (Å²) in [5.41, 5.74) is 11.0. The molecule has 0 radical (unpaired) electrons. The molecule has 6 heteroatoms. The van der Waals surface area contributed by atoms with E-state index >= 15 is 0 Å². The molecule has 2 fully saturated rings. The minimum absolute atomic E-state index is 0.359. The molecule has 1 N–H and O–H groups in total. The van der Waals surface area contributed by atoms with Crippen LogP contribution in [0.4, 0.5) is 0 Å². The van der Waals surface area contributed by atoms with E-state index in [9.17, 15) is 0 Å². The largest absolute Gasteiger partial charge is 0.353 e. The van der Waals surface area contributed by atoms with Crippen LogP contribution < -0.4 is 0 Å². The van der Waals surface area contributed by atoms with E-state index in [-0.39, 0.29) is 0 Å². The first kappa shape index (κ1) is 22.7. The topological polar surface area (TPSA) is 62.1 Å². The number of nitrogens with zero attached hydrogens (tertiary/aromatic N) is 5. The smallest absolute Gasteiger partial charge is 0.158 e. The van der Waals surface area contributed by atoms with Crippen molar-refractivity contribution in [3.63, 3.8) is 0 Å². The number of aryl methyl sites for hydroxylation is 1. The lowest BCUT2D eigenvalue weighted by atomic mass is 9.78. The van der Waals surface area contributed by atoms with Gasteiger partial charge in [0.15, 0.2) is 5.65 Å². The Kier molecular flexibility index (Phi) is 5.29. The molecule has 4 aromatic rings. The first-order chi connectivity index (χ1) is 16.7. The van der Waals surface area contributed by atoms with E-state index < -0.39 is 0 Å². The fraction of sp³-hybridized carbons (Fsp3) is 0.552. The number of rotatable bonds is 4. The van der Waals surface area contributed by atoms with Crippen LogP contribution in [0, 0.1) is 19.3 Å². The van der Waals surface area contributed by atoms with Crippen LogP contribution in [0.1, 0.15) is 87.6 Å². The summed E-state index contributed by atoms with van der Waals surface area (Å²) >= 11 is 0. The van der Waals surface area contributed by atoms with Crippen LogP contribution in [0.5, 0.6) is 0 Å². The van der Waals surface area contributed by atoms with Gasteiger partial charge in [0.2, 0.25) is 0 Å². The first-order valence-corrected chi connectivity index (χ1v) is 13.3. The van der Waals surface area contributed by atoms with E-state index in [1.54, 1.807) is 6.33 Å². The van der Waals surface area contributed by atoms with Gasteiger partial charge in [0.05, 0.1) is 16.7 Å². The van der Waals surface area contributed by atoms with Gasteiger partial charge in [-0.25, -0.2) is 9.50 Å². The molecule has 6 rings (SSSR count). The summed E-state index contributed by atoms with van der Waals surface area (Å²) in [7, 11) is 0. The Morgan fingerprint density at radius 3 is 2.46 bits per heavy atom. The minimum Gasteiger partial charge on any atom is -0.353 e. The van der Waals surface area contributed by atoms with Crippen molar-refractivity contribution in [2.45, 2.75) is 85.1 Å². The summed E-state index contributed by atoms with van der Waals surface area (Å²) in [5.74, 6) is 0.928. The third-order valence-electron chi connectivity index (χ3n) is 8.57. The fourth-order valence-corrected chi connectivity index (χ4v) is 6.60. The second-order valence-electron chi connectivity index (χ2n) is 12.1. The van der Waals surface area contributed by atoms with Crippen LogP contribution in [0.2, 0.25) is 0 Å². The number of hydrogen-bond donors (Lipinski definition) is 1. The third kappa shape index (κ3) is 3.77. The van der Waals surface area contributed by atoms with Gasteiger partial charge in [-0.3, -0.25) is 9.88 Å². The Labute approximate surface area is 208 Å². The minimum atomic E-state index is 0.359. The molecule has 1 saturated carbocycles. The SMILES string of the molecule is Cc1c(-c2[nH]c3ccc(C4CCC(N5CC(C)(C)C5)CC4)nc3c2C(C)C)cn2ncnc2c1C. The average Bonchev–Trinajstić information content (AvgIpc) is 3.44. The molecule has 0 amide bonds. The van der Waals surface area contributed by atoms with Crippen molar-refractivity contribution >= 4 is 16.7 Å². The van der Waals surface area contributed by atoms with Gasteiger partial charge >= 0.3 is 0 Å². The highest BCUT2D eigenvalue weighted by atomic mass is 15.3. The van der Waals surface area contributed by atoms with E-state index in [0.717, 1.165) is 22.7 Å². The van der Waals surface area contributed by atoms with E-state index in [2.05, 4.69) is 79.8 Å². The molecular weight excluding hydrogens is 432 g/mol. The lowest BCUT2D eigenvalue weighted by Gasteiger charge is -2.51. The first-order valence-electron chi connectivity index (χ1n) is 13.3. The van der Waals surface area contributed by atoms with Crippen molar-refractivity contribution in [1.82, 2.24) is 29.5 Å². The molecule has 0 atom stereocenters. The second kappa shape index (κ2) is 8.16. The van der Waals surface area contributed by atoms with Crippen LogP contribution in [-0.2, 0) is 0 Å². The molecule has 4 aromatic heterocycles. The second-order valence-corrected chi connectivity index (χ2v) is 12.1. The maximum Gasteiger partial charge on any atom is 0.158 e. The quantitative estimate of drug-likeness (QED) is 0.376. The molecule has 6 nitrogen and oxygen atoms in total. The predicted molar refractivity (Wildman–Crippen MR) is 142 cm³/mol. The normalized spacial score (nSPS) is 22.8. The lowest BCUT2D eigenvalue weighted by molar-refractivity contribution is -0.0193. The van der Waals surface area contributed by atoms with Crippen molar-refractivity contribution < 1.29 is 0 Å². The Balaban J connectivity index is 1.33. The molecule has 1 aliphatic carbocycles. The molecule has 35 heavy (non-hydrogen) atoms. The molecule has 0 aromatic carbocycles. The van der Waals surface area contributed by atoms with Crippen LogP contribution in [0.3, 0.4) is 0 Å². The monoisotopic (exact) mass is 470 g/mol. The highest BCUT2D eigenvalue weighted by Crippen LogP contribution is 2.41. The van der Waals surface area contributed by atoms with Gasteiger partial charge in [-0.1, -0.05) is 27.7 Å².